The summed E-state index contributed by atoms with van der Waals surface area (Å²) >= 11 is 0. The lowest BCUT2D eigenvalue weighted by atomic mass is 10.0. The molecule has 0 bridgehead atoms. The molecular weight excluding hydrogens is 212 g/mol. The second-order valence-electron chi connectivity index (χ2n) is 3.19. The lowest BCUT2D eigenvalue weighted by molar-refractivity contribution is -0.311. The Labute approximate surface area is 93.5 Å². The third-order valence-electron chi connectivity index (χ3n) is 2.01. The molecule has 0 radical (unpaired) electrons. The lowest BCUT2D eigenvalue weighted by Crippen LogP contribution is -2.17. The van der Waals surface area contributed by atoms with Gasteiger partial charge in [-0.15, -0.1) is 0 Å². The predicted octanol–water partition coefficient (Wildman–Crippen LogP) is 1.11. The van der Waals surface area contributed by atoms with Crippen molar-refractivity contribution < 1.29 is 24.4 Å². The molecule has 88 valence electrons. The topological polar surface area (TPSA) is 65.0 Å². The Kier molecular flexibility index (Phi) is 4.91. The molecular formula is C11H14O5. The second-order valence-corrected chi connectivity index (χ2v) is 3.19. The average Bonchev–Trinajstić information content (AvgIpc) is 2.29. The van der Waals surface area contributed by atoms with Crippen LogP contribution in [0, 0.1) is 6.92 Å². The Balaban J connectivity index is 2.60. The molecule has 0 aliphatic carbocycles. The number of hydrogen-bond acceptors (Lipinski definition) is 5. The van der Waals surface area contributed by atoms with Crippen molar-refractivity contribution >= 4 is 5.97 Å². The summed E-state index contributed by atoms with van der Waals surface area (Å²) in [5.74, 6) is -0.869. The van der Waals surface area contributed by atoms with Crippen LogP contribution in [0.5, 0.6) is 0 Å². The van der Waals surface area contributed by atoms with Crippen LogP contribution in [-0.2, 0) is 19.3 Å². The Morgan fingerprint density at radius 3 is 2.75 bits per heavy atom. The molecule has 0 fully saturated rings. The van der Waals surface area contributed by atoms with Crippen molar-refractivity contribution in [2.45, 2.75) is 13.0 Å². The first-order valence-corrected chi connectivity index (χ1v) is 4.72. The standard InChI is InChI=1S/C11H14O5/c1-8-5-3-4-6-9(8)10(12)11(13)16-15-7-14-2/h3-6,10,12H,7H2,1-2H3. The van der Waals surface area contributed by atoms with Gasteiger partial charge in [-0.05, 0) is 18.1 Å². The smallest absolute Gasteiger partial charge is 0.375 e. The highest BCUT2D eigenvalue weighted by atomic mass is 17.2. The maximum absolute atomic E-state index is 11.3. The van der Waals surface area contributed by atoms with E-state index >= 15 is 0 Å². The van der Waals surface area contributed by atoms with E-state index in [0.717, 1.165) is 5.56 Å². The maximum atomic E-state index is 11.3. The highest BCUT2D eigenvalue weighted by Crippen LogP contribution is 2.18. The molecule has 1 aromatic carbocycles. The Hall–Kier alpha value is -1.43. The molecule has 1 aromatic rings. The van der Waals surface area contributed by atoms with E-state index in [1.54, 1.807) is 25.1 Å². The van der Waals surface area contributed by atoms with E-state index in [9.17, 15) is 9.90 Å². The number of benzene rings is 1. The zero-order chi connectivity index (χ0) is 12.0. The number of carbonyl (C=O) groups excluding carboxylic acids is 1. The molecule has 0 spiro atoms. The van der Waals surface area contributed by atoms with E-state index in [-0.39, 0.29) is 6.79 Å². The van der Waals surface area contributed by atoms with E-state index in [0.29, 0.717) is 5.56 Å². The number of aliphatic hydroxyl groups is 1. The minimum absolute atomic E-state index is 0.174. The second kappa shape index (κ2) is 6.22. The molecule has 0 saturated carbocycles. The summed E-state index contributed by atoms with van der Waals surface area (Å²) in [6, 6.07) is 6.99. The highest BCUT2D eigenvalue weighted by molar-refractivity contribution is 5.76. The molecule has 0 aliphatic rings. The molecule has 0 aromatic heterocycles. The van der Waals surface area contributed by atoms with Crippen LogP contribution in [0.1, 0.15) is 17.2 Å². The number of rotatable bonds is 5. The molecule has 5 heteroatoms. The minimum Gasteiger partial charge on any atom is -0.377 e. The monoisotopic (exact) mass is 226 g/mol. The van der Waals surface area contributed by atoms with Crippen LogP contribution in [0.15, 0.2) is 24.3 Å². The first kappa shape index (κ1) is 12.6. The fourth-order valence-corrected chi connectivity index (χ4v) is 1.20. The highest BCUT2D eigenvalue weighted by Gasteiger charge is 2.21. The summed E-state index contributed by atoms with van der Waals surface area (Å²) in [5, 5.41) is 9.67. The van der Waals surface area contributed by atoms with Gasteiger partial charge in [0.1, 0.15) is 0 Å². The molecule has 16 heavy (non-hydrogen) atoms. The number of hydrogen-bond donors (Lipinski definition) is 1. The van der Waals surface area contributed by atoms with Crippen LogP contribution in [0.4, 0.5) is 0 Å². The summed E-state index contributed by atoms with van der Waals surface area (Å²) in [4.78, 5) is 20.1. The molecule has 1 atom stereocenters. The van der Waals surface area contributed by atoms with E-state index in [1.165, 1.54) is 7.11 Å². The molecule has 5 nitrogen and oxygen atoms in total. The number of methoxy groups -OCH3 is 1. The molecule has 0 amide bonds. The fourth-order valence-electron chi connectivity index (χ4n) is 1.20. The number of aliphatic hydroxyl groups excluding tert-OH is 1. The van der Waals surface area contributed by atoms with Crippen LogP contribution >= 0.6 is 0 Å². The van der Waals surface area contributed by atoms with Gasteiger partial charge in [-0.3, -0.25) is 4.89 Å². The van der Waals surface area contributed by atoms with Gasteiger partial charge in [0.25, 0.3) is 0 Å². The van der Waals surface area contributed by atoms with E-state index < -0.39 is 12.1 Å². The molecule has 1 rings (SSSR count). The molecule has 1 unspecified atom stereocenters. The Bertz CT molecular complexity index is 350. The lowest BCUT2D eigenvalue weighted by Gasteiger charge is -2.11. The van der Waals surface area contributed by atoms with Crippen LogP contribution < -0.4 is 0 Å². The van der Waals surface area contributed by atoms with Crippen molar-refractivity contribution in [2.75, 3.05) is 13.9 Å². The third kappa shape index (κ3) is 3.30. The van der Waals surface area contributed by atoms with Gasteiger partial charge in [0.05, 0.1) is 0 Å². The minimum atomic E-state index is -1.35. The zero-order valence-electron chi connectivity index (χ0n) is 9.17. The van der Waals surface area contributed by atoms with E-state index in [4.69, 9.17) is 0 Å². The van der Waals surface area contributed by atoms with Gasteiger partial charge in [0.15, 0.2) is 12.9 Å². The van der Waals surface area contributed by atoms with Crippen LogP contribution in [0.2, 0.25) is 0 Å². The van der Waals surface area contributed by atoms with Gasteiger partial charge >= 0.3 is 5.97 Å². The van der Waals surface area contributed by atoms with Crippen molar-refractivity contribution in [1.82, 2.24) is 0 Å². The van der Waals surface area contributed by atoms with Gasteiger partial charge in [-0.1, -0.05) is 24.3 Å². The SMILES string of the molecule is COCOOC(=O)C(O)c1ccccc1C. The van der Waals surface area contributed by atoms with Gasteiger partial charge in [-0.2, -0.15) is 4.89 Å². The summed E-state index contributed by atoms with van der Waals surface area (Å²) < 4.78 is 4.52. The summed E-state index contributed by atoms with van der Waals surface area (Å²) in [6.07, 6.45) is -1.35. The van der Waals surface area contributed by atoms with Crippen molar-refractivity contribution in [2.24, 2.45) is 0 Å². The van der Waals surface area contributed by atoms with Gasteiger partial charge < -0.3 is 9.84 Å². The largest absolute Gasteiger partial charge is 0.377 e. The van der Waals surface area contributed by atoms with Crippen molar-refractivity contribution in [1.29, 1.82) is 0 Å². The Morgan fingerprint density at radius 1 is 1.44 bits per heavy atom. The molecule has 0 aliphatic heterocycles. The molecule has 1 N–H and O–H groups in total. The average molecular weight is 226 g/mol. The number of aryl methyl sites for hydroxylation is 1. The summed E-state index contributed by atoms with van der Waals surface area (Å²) in [5.41, 5.74) is 1.30. The quantitative estimate of drug-likeness (QED) is 0.352. The molecule has 0 saturated heterocycles. The van der Waals surface area contributed by atoms with Crippen LogP contribution in [0.3, 0.4) is 0 Å². The van der Waals surface area contributed by atoms with Crippen LogP contribution in [-0.4, -0.2) is 25.0 Å². The van der Waals surface area contributed by atoms with Gasteiger partial charge in [0, 0.05) is 7.11 Å². The Morgan fingerprint density at radius 2 is 2.12 bits per heavy atom. The van der Waals surface area contributed by atoms with Crippen molar-refractivity contribution in [3.8, 4) is 0 Å². The summed E-state index contributed by atoms with van der Waals surface area (Å²) in [7, 11) is 1.39. The zero-order valence-corrected chi connectivity index (χ0v) is 9.17. The van der Waals surface area contributed by atoms with E-state index in [2.05, 4.69) is 14.5 Å². The van der Waals surface area contributed by atoms with Crippen molar-refractivity contribution in [3.05, 3.63) is 35.4 Å². The first-order chi connectivity index (χ1) is 7.66. The molecule has 0 heterocycles. The first-order valence-electron chi connectivity index (χ1n) is 4.72. The van der Waals surface area contributed by atoms with Gasteiger partial charge in [-0.25, -0.2) is 4.79 Å². The summed E-state index contributed by atoms with van der Waals surface area (Å²) in [6.45, 7) is 1.62. The normalized spacial score (nSPS) is 12.2. The fraction of sp³-hybridized carbons (Fsp3) is 0.364. The number of ether oxygens (including phenoxy) is 1. The van der Waals surface area contributed by atoms with Crippen molar-refractivity contribution in [3.63, 3.8) is 0 Å². The maximum Gasteiger partial charge on any atom is 0.375 e. The van der Waals surface area contributed by atoms with Gasteiger partial charge in [0.2, 0.25) is 0 Å². The van der Waals surface area contributed by atoms with E-state index in [1.807, 2.05) is 6.07 Å². The third-order valence-corrected chi connectivity index (χ3v) is 2.01. The predicted molar refractivity (Wildman–Crippen MR) is 55.2 cm³/mol. The number of carbonyl (C=O) groups is 1. The van der Waals surface area contributed by atoms with Crippen LogP contribution in [0.25, 0.3) is 0 Å².